The number of anilines is 1. The molecule has 0 spiro atoms. The van der Waals surface area contributed by atoms with Crippen LogP contribution in [-0.4, -0.2) is 29.8 Å². The van der Waals surface area contributed by atoms with E-state index in [-0.39, 0.29) is 6.61 Å². The number of para-hydroxylation sites is 1. The van der Waals surface area contributed by atoms with E-state index in [0.29, 0.717) is 24.3 Å². The Kier molecular flexibility index (Phi) is 2.98. The molecule has 0 aromatic heterocycles. The third-order valence-electron chi connectivity index (χ3n) is 2.85. The molecule has 1 aromatic carbocycles. The lowest BCUT2D eigenvalue weighted by Crippen LogP contribution is -2.47. The lowest BCUT2D eigenvalue weighted by molar-refractivity contribution is -0.142. The van der Waals surface area contributed by atoms with E-state index < -0.39 is 11.5 Å². The molecule has 1 atom stereocenters. The van der Waals surface area contributed by atoms with Gasteiger partial charge >= 0.3 is 5.97 Å². The van der Waals surface area contributed by atoms with Crippen molar-refractivity contribution >= 4 is 11.7 Å². The highest BCUT2D eigenvalue weighted by Gasteiger charge is 2.42. The monoisotopic (exact) mass is 232 g/mol. The molecule has 1 saturated heterocycles. The molecule has 1 heterocycles. The van der Waals surface area contributed by atoms with E-state index in [9.17, 15) is 9.90 Å². The maximum Gasteiger partial charge on any atom is 0.331 e. The van der Waals surface area contributed by atoms with E-state index in [0.717, 1.165) is 0 Å². The molecule has 88 valence electrons. The number of carbonyl (C=O) groups is 1. The van der Waals surface area contributed by atoms with Gasteiger partial charge in [-0.3, -0.25) is 0 Å². The molecule has 1 fully saturated rings. The van der Waals surface area contributed by atoms with Crippen molar-refractivity contribution in [3.63, 3.8) is 0 Å². The van der Waals surface area contributed by atoms with Crippen molar-refractivity contribution in [2.24, 2.45) is 0 Å². The second-order valence-corrected chi connectivity index (χ2v) is 3.97. The van der Waals surface area contributed by atoms with Crippen molar-refractivity contribution in [3.8, 4) is 6.07 Å². The van der Waals surface area contributed by atoms with Gasteiger partial charge in [-0.25, -0.2) is 4.79 Å². The largest absolute Gasteiger partial charge is 0.479 e. The summed E-state index contributed by atoms with van der Waals surface area (Å²) in [6, 6.07) is 8.87. The average Bonchev–Trinajstić information content (AvgIpc) is 2.80. The number of benzene rings is 1. The fraction of sp³-hybridized carbons (Fsp3) is 0.333. The molecular formula is C12H12N2O3. The van der Waals surface area contributed by atoms with Crippen LogP contribution in [0, 0.1) is 11.3 Å². The lowest BCUT2D eigenvalue weighted by atomic mass is 9.98. The quantitative estimate of drug-likeness (QED) is 0.818. The maximum absolute atomic E-state index is 11.3. The first-order chi connectivity index (χ1) is 8.18. The summed E-state index contributed by atoms with van der Waals surface area (Å²) >= 11 is 0. The Hall–Kier alpha value is -2.06. The first-order valence-corrected chi connectivity index (χ1v) is 5.26. The normalized spacial score (nSPS) is 23.0. The van der Waals surface area contributed by atoms with Gasteiger partial charge < -0.3 is 15.2 Å². The van der Waals surface area contributed by atoms with Crippen LogP contribution >= 0.6 is 0 Å². The number of nitrogens with one attached hydrogen (secondary N) is 1. The van der Waals surface area contributed by atoms with E-state index in [4.69, 9.17) is 10.00 Å². The minimum absolute atomic E-state index is 0.113. The van der Waals surface area contributed by atoms with Crippen LogP contribution in [0.25, 0.3) is 0 Å². The van der Waals surface area contributed by atoms with Crippen LogP contribution in [0.4, 0.5) is 5.69 Å². The summed E-state index contributed by atoms with van der Waals surface area (Å²) in [4.78, 5) is 11.3. The molecule has 17 heavy (non-hydrogen) atoms. The van der Waals surface area contributed by atoms with Crippen molar-refractivity contribution < 1.29 is 14.6 Å². The minimum Gasteiger partial charge on any atom is -0.479 e. The van der Waals surface area contributed by atoms with Crippen LogP contribution in [0.15, 0.2) is 24.3 Å². The minimum atomic E-state index is -1.12. The standard InChI is InChI=1S/C12H12N2O3/c13-7-9-3-1-2-4-10(9)14-12(11(15)16)5-6-17-8-12/h1-4,14H,5-6,8H2,(H,15,16). The number of nitrogens with zero attached hydrogens (tertiary/aromatic N) is 1. The average molecular weight is 232 g/mol. The molecule has 1 aliphatic heterocycles. The number of nitriles is 1. The number of carboxylic acids is 1. The molecule has 5 nitrogen and oxygen atoms in total. The zero-order chi connectivity index (χ0) is 12.3. The summed E-state index contributed by atoms with van der Waals surface area (Å²) in [5, 5.41) is 21.1. The van der Waals surface area contributed by atoms with Crippen molar-refractivity contribution in [2.45, 2.75) is 12.0 Å². The molecule has 0 saturated carbocycles. The Morgan fingerprint density at radius 2 is 2.29 bits per heavy atom. The number of rotatable bonds is 3. The van der Waals surface area contributed by atoms with Crippen LogP contribution < -0.4 is 5.32 Å². The van der Waals surface area contributed by atoms with Gasteiger partial charge in [-0.1, -0.05) is 12.1 Å². The molecular weight excluding hydrogens is 220 g/mol. The Balaban J connectivity index is 2.30. The van der Waals surface area contributed by atoms with Crippen molar-refractivity contribution in [1.29, 1.82) is 5.26 Å². The van der Waals surface area contributed by atoms with E-state index in [1.165, 1.54) is 0 Å². The summed E-state index contributed by atoms with van der Waals surface area (Å²) in [6.07, 6.45) is 0.391. The van der Waals surface area contributed by atoms with Crippen molar-refractivity contribution in [2.75, 3.05) is 18.5 Å². The third kappa shape index (κ3) is 2.08. The van der Waals surface area contributed by atoms with Crippen LogP contribution in [-0.2, 0) is 9.53 Å². The second kappa shape index (κ2) is 4.44. The molecule has 5 heteroatoms. The second-order valence-electron chi connectivity index (χ2n) is 3.97. The Bertz CT molecular complexity index is 473. The maximum atomic E-state index is 11.3. The zero-order valence-electron chi connectivity index (χ0n) is 9.14. The summed E-state index contributed by atoms with van der Waals surface area (Å²) in [5.74, 6) is -0.956. The highest BCUT2D eigenvalue weighted by molar-refractivity contribution is 5.84. The highest BCUT2D eigenvalue weighted by atomic mass is 16.5. The van der Waals surface area contributed by atoms with Gasteiger partial charge in [0.2, 0.25) is 0 Å². The van der Waals surface area contributed by atoms with Gasteiger partial charge in [0.25, 0.3) is 0 Å². The Morgan fingerprint density at radius 1 is 1.53 bits per heavy atom. The fourth-order valence-electron chi connectivity index (χ4n) is 1.83. The number of ether oxygens (including phenoxy) is 1. The third-order valence-corrected chi connectivity index (χ3v) is 2.85. The highest BCUT2D eigenvalue weighted by Crippen LogP contribution is 2.26. The van der Waals surface area contributed by atoms with Gasteiger partial charge in [0.05, 0.1) is 17.9 Å². The van der Waals surface area contributed by atoms with Crippen LogP contribution in [0.2, 0.25) is 0 Å². The lowest BCUT2D eigenvalue weighted by Gasteiger charge is -2.25. The first kappa shape index (κ1) is 11.4. The van der Waals surface area contributed by atoms with Gasteiger partial charge in [-0.05, 0) is 12.1 Å². The first-order valence-electron chi connectivity index (χ1n) is 5.26. The van der Waals surface area contributed by atoms with Crippen molar-refractivity contribution in [1.82, 2.24) is 0 Å². The molecule has 0 aliphatic carbocycles. The van der Waals surface area contributed by atoms with E-state index in [1.807, 2.05) is 6.07 Å². The summed E-state index contributed by atoms with van der Waals surface area (Å²) in [5.41, 5.74) is -0.157. The van der Waals surface area contributed by atoms with Gasteiger partial charge in [0.1, 0.15) is 6.07 Å². The van der Waals surface area contributed by atoms with E-state index in [2.05, 4.69) is 5.32 Å². The number of aliphatic carboxylic acids is 1. The summed E-state index contributed by atoms with van der Waals surface area (Å²) in [6.45, 7) is 0.524. The predicted octanol–water partition coefficient (Wildman–Crippen LogP) is 1.21. The molecule has 2 rings (SSSR count). The van der Waals surface area contributed by atoms with E-state index >= 15 is 0 Å². The topological polar surface area (TPSA) is 82.4 Å². The van der Waals surface area contributed by atoms with Gasteiger partial charge in [0, 0.05) is 13.0 Å². The molecule has 1 unspecified atom stereocenters. The molecule has 1 aliphatic rings. The molecule has 0 bridgehead atoms. The van der Waals surface area contributed by atoms with Crippen LogP contribution in [0.5, 0.6) is 0 Å². The predicted molar refractivity (Wildman–Crippen MR) is 60.6 cm³/mol. The number of carboxylic acid groups (broad SMARTS) is 1. The summed E-state index contributed by atoms with van der Waals surface area (Å²) < 4.78 is 5.14. The Morgan fingerprint density at radius 3 is 2.88 bits per heavy atom. The summed E-state index contributed by atoms with van der Waals surface area (Å²) in [7, 11) is 0. The molecule has 0 radical (unpaired) electrons. The fourth-order valence-corrected chi connectivity index (χ4v) is 1.83. The SMILES string of the molecule is N#Cc1ccccc1NC1(C(=O)O)CCOC1. The van der Waals surface area contributed by atoms with Crippen LogP contribution in [0.1, 0.15) is 12.0 Å². The molecule has 0 amide bonds. The Labute approximate surface area is 98.6 Å². The zero-order valence-corrected chi connectivity index (χ0v) is 9.14. The van der Waals surface area contributed by atoms with Gasteiger partial charge in [0.15, 0.2) is 5.54 Å². The van der Waals surface area contributed by atoms with Crippen molar-refractivity contribution in [3.05, 3.63) is 29.8 Å². The number of hydrogen-bond donors (Lipinski definition) is 2. The van der Waals surface area contributed by atoms with Gasteiger partial charge in [-0.2, -0.15) is 5.26 Å². The van der Waals surface area contributed by atoms with E-state index in [1.54, 1.807) is 24.3 Å². The molecule has 2 N–H and O–H groups in total. The number of hydrogen-bond acceptors (Lipinski definition) is 4. The smallest absolute Gasteiger partial charge is 0.331 e. The van der Waals surface area contributed by atoms with Crippen LogP contribution in [0.3, 0.4) is 0 Å². The molecule has 1 aromatic rings. The van der Waals surface area contributed by atoms with Gasteiger partial charge in [-0.15, -0.1) is 0 Å².